The Kier molecular flexibility index (Phi) is 9.22. The van der Waals surface area contributed by atoms with Gasteiger partial charge in [0.25, 0.3) is 10.0 Å². The highest BCUT2D eigenvalue weighted by atomic mass is 35.5. The topological polar surface area (TPSA) is 111 Å². The summed E-state index contributed by atoms with van der Waals surface area (Å²) in [5.74, 6) is 1.41. The molecule has 3 rings (SSSR count). The number of aromatic nitrogens is 2. The highest BCUT2D eigenvalue weighted by molar-refractivity contribution is 8.01. The van der Waals surface area contributed by atoms with Gasteiger partial charge in [-0.15, -0.1) is 10.2 Å². The molecule has 0 saturated heterocycles. The fourth-order valence-electron chi connectivity index (χ4n) is 2.87. The lowest BCUT2D eigenvalue weighted by Gasteiger charge is -2.24. The molecule has 9 nitrogen and oxygen atoms in total. The SMILES string of the molecule is COc1ccc(S(=O)(=O)N(CC(=O)Nc2nnc(SCC(C)C)s2)c2ccc(Cl)cc2)cc1OC. The number of ether oxygens (including phenoxy) is 2. The van der Waals surface area contributed by atoms with Crippen molar-refractivity contribution in [3.8, 4) is 11.5 Å². The monoisotopic (exact) mass is 556 g/mol. The van der Waals surface area contributed by atoms with Crippen LogP contribution in [0.25, 0.3) is 0 Å². The van der Waals surface area contributed by atoms with Gasteiger partial charge >= 0.3 is 0 Å². The Morgan fingerprint density at radius 1 is 1.11 bits per heavy atom. The van der Waals surface area contributed by atoms with Gasteiger partial charge in [0.1, 0.15) is 6.54 Å². The number of halogens is 1. The predicted octanol–water partition coefficient (Wildman–Crippen LogP) is 4.79. The Balaban J connectivity index is 1.88. The zero-order chi connectivity index (χ0) is 25.6. The summed E-state index contributed by atoms with van der Waals surface area (Å²) in [6.45, 7) is 3.70. The number of rotatable bonds is 11. The molecule has 1 aromatic heterocycles. The van der Waals surface area contributed by atoms with E-state index in [1.165, 1.54) is 55.9 Å². The molecule has 0 aliphatic rings. The van der Waals surface area contributed by atoms with E-state index in [4.69, 9.17) is 21.1 Å². The van der Waals surface area contributed by atoms with Gasteiger partial charge in [-0.25, -0.2) is 8.42 Å². The normalized spacial score (nSPS) is 11.4. The van der Waals surface area contributed by atoms with Crippen LogP contribution in [0.2, 0.25) is 5.02 Å². The fourth-order valence-corrected chi connectivity index (χ4v) is 6.18. The maximum atomic E-state index is 13.6. The second-order valence-corrected chi connectivity index (χ2v) is 12.2. The lowest BCUT2D eigenvalue weighted by Crippen LogP contribution is -2.38. The number of carbonyl (C=O) groups is 1. The fraction of sp³-hybridized carbons (Fsp3) is 0.318. The van der Waals surface area contributed by atoms with Crippen LogP contribution in [-0.4, -0.2) is 51.0 Å². The number of thioether (sulfide) groups is 1. The number of hydrogen-bond acceptors (Lipinski definition) is 9. The molecule has 2 aromatic carbocycles. The molecular weight excluding hydrogens is 532 g/mol. The van der Waals surface area contributed by atoms with Crippen LogP contribution in [0.4, 0.5) is 10.8 Å². The van der Waals surface area contributed by atoms with Crippen molar-refractivity contribution in [3.05, 3.63) is 47.5 Å². The molecule has 0 aliphatic carbocycles. The first-order chi connectivity index (χ1) is 16.6. The van der Waals surface area contributed by atoms with Crippen molar-refractivity contribution in [2.75, 3.05) is 36.1 Å². The molecule has 3 aromatic rings. The number of benzene rings is 2. The number of sulfonamides is 1. The lowest BCUT2D eigenvalue weighted by atomic mass is 10.3. The van der Waals surface area contributed by atoms with E-state index in [0.717, 1.165) is 14.4 Å². The summed E-state index contributed by atoms with van der Waals surface area (Å²) in [4.78, 5) is 12.8. The summed E-state index contributed by atoms with van der Waals surface area (Å²) in [6.07, 6.45) is 0. The molecular formula is C22H25ClN4O5S3. The maximum absolute atomic E-state index is 13.6. The van der Waals surface area contributed by atoms with Crippen molar-refractivity contribution in [2.24, 2.45) is 5.92 Å². The van der Waals surface area contributed by atoms with Crippen molar-refractivity contribution >= 4 is 61.4 Å². The predicted molar refractivity (Wildman–Crippen MR) is 140 cm³/mol. The van der Waals surface area contributed by atoms with Gasteiger partial charge in [0.2, 0.25) is 11.0 Å². The van der Waals surface area contributed by atoms with Gasteiger partial charge < -0.3 is 9.47 Å². The summed E-state index contributed by atoms with van der Waals surface area (Å²) in [5, 5.41) is 11.4. The van der Waals surface area contributed by atoms with E-state index in [1.807, 2.05) is 0 Å². The minimum atomic E-state index is -4.17. The first kappa shape index (κ1) is 27.1. The zero-order valence-electron chi connectivity index (χ0n) is 19.5. The van der Waals surface area contributed by atoms with E-state index < -0.39 is 22.5 Å². The number of anilines is 2. The van der Waals surface area contributed by atoms with Gasteiger partial charge in [0.05, 0.1) is 24.8 Å². The van der Waals surface area contributed by atoms with Crippen LogP contribution >= 0.6 is 34.7 Å². The molecule has 0 aliphatic heterocycles. The van der Waals surface area contributed by atoms with Crippen molar-refractivity contribution in [1.82, 2.24) is 10.2 Å². The van der Waals surface area contributed by atoms with Gasteiger partial charge in [-0.1, -0.05) is 48.5 Å². The number of nitrogens with one attached hydrogen (secondary N) is 1. The summed E-state index contributed by atoms with van der Waals surface area (Å²) < 4.78 is 39.4. The first-order valence-corrected chi connectivity index (χ1v) is 14.0. The highest BCUT2D eigenvalue weighted by Gasteiger charge is 2.29. The number of methoxy groups -OCH3 is 2. The third-order valence-corrected chi connectivity index (χ3v) is 8.96. The molecule has 35 heavy (non-hydrogen) atoms. The number of amides is 1. The minimum Gasteiger partial charge on any atom is -0.493 e. The van der Waals surface area contributed by atoms with Gasteiger partial charge in [-0.3, -0.25) is 14.4 Å². The third kappa shape index (κ3) is 7.00. The van der Waals surface area contributed by atoms with Crippen LogP contribution in [0.15, 0.2) is 51.7 Å². The van der Waals surface area contributed by atoms with Gasteiger partial charge in [0.15, 0.2) is 15.8 Å². The lowest BCUT2D eigenvalue weighted by molar-refractivity contribution is -0.114. The quantitative estimate of drug-likeness (QED) is 0.265. The number of hydrogen-bond donors (Lipinski definition) is 1. The van der Waals surface area contributed by atoms with Crippen molar-refractivity contribution in [3.63, 3.8) is 0 Å². The van der Waals surface area contributed by atoms with Crippen molar-refractivity contribution < 1.29 is 22.7 Å². The summed E-state index contributed by atoms with van der Waals surface area (Å²) in [7, 11) is -1.30. The van der Waals surface area contributed by atoms with E-state index >= 15 is 0 Å². The van der Waals surface area contributed by atoms with E-state index in [1.54, 1.807) is 23.9 Å². The van der Waals surface area contributed by atoms with Gasteiger partial charge in [0, 0.05) is 16.8 Å². The van der Waals surface area contributed by atoms with E-state index in [9.17, 15) is 13.2 Å². The molecule has 0 radical (unpaired) electrons. The molecule has 1 heterocycles. The smallest absolute Gasteiger partial charge is 0.264 e. The molecule has 13 heteroatoms. The van der Waals surface area contributed by atoms with Crippen LogP contribution in [0.3, 0.4) is 0 Å². The molecule has 0 bridgehead atoms. The summed E-state index contributed by atoms with van der Waals surface area (Å²) >= 11 is 8.77. The van der Waals surface area contributed by atoms with E-state index in [0.29, 0.717) is 21.8 Å². The average molecular weight is 557 g/mol. The largest absolute Gasteiger partial charge is 0.493 e. The Bertz CT molecular complexity index is 1270. The van der Waals surface area contributed by atoms with Crippen LogP contribution in [0.1, 0.15) is 13.8 Å². The summed E-state index contributed by atoms with van der Waals surface area (Å²) in [5.41, 5.74) is 0.268. The molecule has 0 spiro atoms. The molecule has 1 amide bonds. The van der Waals surface area contributed by atoms with Gasteiger partial charge in [-0.2, -0.15) is 0 Å². The number of nitrogens with zero attached hydrogens (tertiary/aromatic N) is 3. The molecule has 0 fully saturated rings. The molecule has 0 saturated carbocycles. The van der Waals surface area contributed by atoms with Crippen LogP contribution in [-0.2, 0) is 14.8 Å². The van der Waals surface area contributed by atoms with E-state index in [2.05, 4.69) is 29.4 Å². The maximum Gasteiger partial charge on any atom is 0.264 e. The Labute approximate surface area is 217 Å². The van der Waals surface area contributed by atoms with Crippen molar-refractivity contribution in [2.45, 2.75) is 23.1 Å². The van der Waals surface area contributed by atoms with Crippen molar-refractivity contribution in [1.29, 1.82) is 0 Å². The van der Waals surface area contributed by atoms with Crippen LogP contribution in [0, 0.1) is 5.92 Å². The third-order valence-electron chi connectivity index (χ3n) is 4.54. The Hall–Kier alpha value is -2.54. The van der Waals surface area contributed by atoms with Crippen LogP contribution < -0.4 is 19.1 Å². The van der Waals surface area contributed by atoms with Gasteiger partial charge in [-0.05, 0) is 42.3 Å². The van der Waals surface area contributed by atoms with Crippen LogP contribution in [0.5, 0.6) is 11.5 Å². The second kappa shape index (κ2) is 11.9. The molecule has 1 N–H and O–H groups in total. The molecule has 0 unspecified atom stereocenters. The number of carbonyl (C=O) groups excluding carboxylic acids is 1. The van der Waals surface area contributed by atoms with E-state index in [-0.39, 0.29) is 16.3 Å². The summed E-state index contributed by atoms with van der Waals surface area (Å²) in [6, 6.07) is 10.4. The molecule has 188 valence electrons. The average Bonchev–Trinajstić information content (AvgIpc) is 3.28. The molecule has 0 atom stereocenters. The Morgan fingerprint density at radius 3 is 2.43 bits per heavy atom. The zero-order valence-corrected chi connectivity index (χ0v) is 22.7. The highest BCUT2D eigenvalue weighted by Crippen LogP contribution is 2.33. The minimum absolute atomic E-state index is 0.0683. The Morgan fingerprint density at radius 2 is 1.80 bits per heavy atom. The second-order valence-electron chi connectivity index (χ2n) is 7.63. The standard InChI is InChI=1S/C22H25ClN4O5S3/c1-14(2)13-33-22-26-25-21(34-22)24-20(28)12-27(16-7-5-15(23)6-8-16)35(29,30)17-9-10-18(31-3)19(11-17)32-4/h5-11,14H,12-13H2,1-4H3,(H,24,25,28). The first-order valence-electron chi connectivity index (χ1n) is 10.4.